The Labute approximate surface area is 744 Å². The predicted octanol–water partition coefficient (Wildman–Crippen LogP) is 30.6. The molecule has 664 valence electrons. The summed E-state index contributed by atoms with van der Waals surface area (Å²) in [6.45, 7) is 22.3. The smallest absolute Gasteiger partial charge is 0.378 e. The number of halogens is 12. The molecule has 0 atom stereocenters. The van der Waals surface area contributed by atoms with E-state index in [1.807, 2.05) is 81.6 Å². The molecule has 4 aliphatic carbocycles. The van der Waals surface area contributed by atoms with E-state index >= 15 is 0 Å². The molecule has 8 aliphatic rings. The van der Waals surface area contributed by atoms with Crippen molar-refractivity contribution in [2.24, 2.45) is 21.7 Å². The fraction of sp³-hybridized carbons (Fsp3) is 0.364. The zero-order chi connectivity index (χ0) is 90.7. The number of anilines is 4. The van der Waals surface area contributed by atoms with Crippen molar-refractivity contribution in [2.75, 3.05) is 74.0 Å². The number of benzene rings is 8. The molecule has 6 nitrogen and oxygen atoms in total. The standard InChI is InChI=1S/C59H59F6N3.C51H51F6N3/c1-56(2)32-37(20-46(34-56)43-24-39-9-5-15-67-16-6-10-40(25-43)54(39)67)19-36-13-14-53-52(23-36)51(45-28-48(58(60,61)62)30-49(29-45)59(63,64)65)31-50(66-53)22-38-21-47(35-57(3,4)33-38)44-26-41-11-7-17-68-18-8-12-42(27-44)55(41)68;1-48(2)28-33(20-38(30-48)35-10-14-43(15-11-35)59(5)6)19-32-9-18-47-46(23-32)45(37-24-40(50(52,53)54)26-41(25-37)51(55,56)57)27-42(58-47)22-34-21-39(31-49(3,4)29-34)36-12-16-44(17-13-36)60(7)8/h13-14,19-31H,5-12,15-18,32-35H2,1-4H3;9-27H,28-31H2,1-8H3/b37-19-,38-22-;33-19-,34-22-. The monoisotopic (exact) mass is 1740 g/mol. The highest BCUT2D eigenvalue weighted by atomic mass is 19.4. The van der Waals surface area contributed by atoms with Crippen LogP contribution in [0, 0.1) is 21.7 Å². The Kier molecular flexibility index (Phi) is 23.4. The van der Waals surface area contributed by atoms with Gasteiger partial charge in [0.2, 0.25) is 0 Å². The van der Waals surface area contributed by atoms with Crippen LogP contribution >= 0.6 is 0 Å². The minimum Gasteiger partial charge on any atom is -0.378 e. The molecule has 18 rings (SSSR count). The predicted molar refractivity (Wildman–Crippen MR) is 502 cm³/mol. The van der Waals surface area contributed by atoms with E-state index in [1.165, 1.54) is 61.5 Å². The summed E-state index contributed by atoms with van der Waals surface area (Å²) in [5, 5.41) is 0.947. The second kappa shape index (κ2) is 33.7. The van der Waals surface area contributed by atoms with Crippen LogP contribution in [-0.4, -0.2) is 64.3 Å². The molecule has 10 aromatic rings. The van der Waals surface area contributed by atoms with Crippen molar-refractivity contribution in [1.82, 2.24) is 9.97 Å². The molecule has 0 saturated carbocycles. The van der Waals surface area contributed by atoms with E-state index in [0.29, 0.717) is 39.6 Å². The van der Waals surface area contributed by atoms with Gasteiger partial charge < -0.3 is 19.6 Å². The third-order valence-electron chi connectivity index (χ3n) is 26.6. The van der Waals surface area contributed by atoms with E-state index < -0.39 is 47.0 Å². The first-order chi connectivity index (χ1) is 60.3. The minimum absolute atomic E-state index is 0.0351. The summed E-state index contributed by atoms with van der Waals surface area (Å²) in [5.74, 6) is 0. The first-order valence-electron chi connectivity index (χ1n) is 44.8. The Balaban J connectivity index is 0.000000182. The number of allylic oxidation sites excluding steroid dienone is 12. The molecule has 0 fully saturated rings. The van der Waals surface area contributed by atoms with Gasteiger partial charge in [0.1, 0.15) is 0 Å². The molecule has 18 heteroatoms. The van der Waals surface area contributed by atoms with Crippen LogP contribution < -0.4 is 19.6 Å². The lowest BCUT2D eigenvalue weighted by Crippen LogP contribution is -2.34. The van der Waals surface area contributed by atoms with Crippen molar-refractivity contribution in [3.05, 3.63) is 294 Å². The number of hydrogen-bond acceptors (Lipinski definition) is 6. The van der Waals surface area contributed by atoms with Gasteiger partial charge in [-0.25, -0.2) is 9.97 Å². The molecule has 0 bridgehead atoms. The third-order valence-corrected chi connectivity index (χ3v) is 26.6. The average Bonchev–Trinajstić information content (AvgIpc) is 0.767. The zero-order valence-corrected chi connectivity index (χ0v) is 75.0. The van der Waals surface area contributed by atoms with Gasteiger partial charge in [-0.3, -0.25) is 0 Å². The number of aromatic nitrogens is 2. The lowest BCUT2D eigenvalue weighted by Gasteiger charge is -2.38. The molecule has 0 N–H and O–H groups in total. The average molecular weight is 1740 g/mol. The first-order valence-corrected chi connectivity index (χ1v) is 44.8. The number of fused-ring (bicyclic) bond motifs is 2. The number of hydrogen-bond donors (Lipinski definition) is 0. The Bertz CT molecular complexity index is 6190. The molecular formula is C110H110F12N6. The number of aryl methyl sites for hydroxylation is 4. The number of alkyl halides is 12. The fourth-order valence-corrected chi connectivity index (χ4v) is 21.2. The van der Waals surface area contributed by atoms with E-state index in [2.05, 4.69) is 179 Å². The molecule has 0 amide bonds. The van der Waals surface area contributed by atoms with Crippen LogP contribution in [-0.2, 0) is 50.4 Å². The van der Waals surface area contributed by atoms with Crippen LogP contribution in [0.1, 0.15) is 222 Å². The van der Waals surface area contributed by atoms with Crippen molar-refractivity contribution >= 4 is 91.2 Å². The highest BCUT2D eigenvalue weighted by molar-refractivity contribution is 5.99. The summed E-state index contributed by atoms with van der Waals surface area (Å²) in [6.07, 6.45) is 12.4. The molecule has 4 aliphatic heterocycles. The van der Waals surface area contributed by atoms with Crippen LogP contribution in [0.15, 0.2) is 204 Å². The summed E-state index contributed by atoms with van der Waals surface area (Å²) < 4.78 is 172. The van der Waals surface area contributed by atoms with E-state index in [-0.39, 0.29) is 56.0 Å². The number of pyridine rings is 2. The first kappa shape index (κ1) is 88.9. The molecular weight excluding hydrogens is 1630 g/mol. The third kappa shape index (κ3) is 19.7. The van der Waals surface area contributed by atoms with Crippen molar-refractivity contribution < 1.29 is 52.7 Å². The van der Waals surface area contributed by atoms with E-state index in [1.54, 1.807) is 12.1 Å². The van der Waals surface area contributed by atoms with Crippen molar-refractivity contribution in [1.29, 1.82) is 0 Å². The summed E-state index contributed by atoms with van der Waals surface area (Å²) in [4.78, 5) is 19.2. The number of rotatable bonds is 12. The molecule has 0 radical (unpaired) electrons. The van der Waals surface area contributed by atoms with Gasteiger partial charge in [0.15, 0.2) is 0 Å². The van der Waals surface area contributed by atoms with Gasteiger partial charge in [0.25, 0.3) is 0 Å². The SMILES string of the molecule is CC1(C)CC(c2cc3c4c(c2)CCCN4CCC3)=C/C(=C/c2ccc3nc(/C=C4/C=C(c5cc6c7c(c5)CCCN7CCC6)CC(C)(C)C4)cc(-c4cc(C(F)(F)F)cc(C(F)(F)F)c4)c3c2)C1.CN(C)c1ccc(C2=C/C(=C/c3ccc4nc(/C=C5/C=C(c6ccc(N(C)C)cc6)CC(C)(C)C5)cc(-c5cc(C(F)(F)F)cc(C(F)(F)F)c5)c4c3)CC(C)(C)C2)cc1. The largest absolute Gasteiger partial charge is 0.416 e. The van der Waals surface area contributed by atoms with Crippen LogP contribution in [0.4, 0.5) is 75.4 Å². The van der Waals surface area contributed by atoms with Gasteiger partial charge in [0, 0.05) is 87.9 Å². The van der Waals surface area contributed by atoms with Gasteiger partial charge >= 0.3 is 24.7 Å². The lowest BCUT2D eigenvalue weighted by molar-refractivity contribution is -0.144. The van der Waals surface area contributed by atoms with Crippen molar-refractivity contribution in [2.45, 2.75) is 183 Å². The second-order valence-electron chi connectivity index (χ2n) is 40.5. The van der Waals surface area contributed by atoms with Crippen LogP contribution in [0.2, 0.25) is 0 Å². The molecule has 128 heavy (non-hydrogen) atoms. The van der Waals surface area contributed by atoms with Gasteiger partial charge in [0.05, 0.1) is 44.7 Å². The lowest BCUT2D eigenvalue weighted by atomic mass is 9.72. The Hall–Kier alpha value is -11.1. The molecule has 2 aromatic heterocycles. The van der Waals surface area contributed by atoms with Crippen LogP contribution in [0.3, 0.4) is 0 Å². The maximum absolute atomic E-state index is 14.4. The van der Waals surface area contributed by atoms with E-state index in [9.17, 15) is 52.7 Å². The summed E-state index contributed by atoms with van der Waals surface area (Å²) in [7, 11) is 7.98. The maximum Gasteiger partial charge on any atom is 0.416 e. The molecule has 6 heterocycles. The Morgan fingerprint density at radius 3 is 0.867 bits per heavy atom. The van der Waals surface area contributed by atoms with Crippen molar-refractivity contribution in [3.63, 3.8) is 0 Å². The summed E-state index contributed by atoms with van der Waals surface area (Å²) in [6, 6.07) is 44.6. The van der Waals surface area contributed by atoms with Gasteiger partial charge in [-0.05, 0) is 380 Å². The normalized spacial score (nSPS) is 19.7. The minimum atomic E-state index is -5.00. The van der Waals surface area contributed by atoms with E-state index in [4.69, 9.17) is 9.97 Å². The van der Waals surface area contributed by atoms with Crippen LogP contribution in [0.25, 0.3) is 90.7 Å². The van der Waals surface area contributed by atoms with Crippen LogP contribution in [0.5, 0.6) is 0 Å². The topological polar surface area (TPSA) is 38.7 Å². The zero-order valence-electron chi connectivity index (χ0n) is 75.0. The van der Waals surface area contributed by atoms with Gasteiger partial charge in [-0.2, -0.15) is 52.7 Å². The molecule has 0 saturated heterocycles. The van der Waals surface area contributed by atoms with E-state index in [0.717, 1.165) is 208 Å². The molecule has 8 aromatic carbocycles. The van der Waals surface area contributed by atoms with Gasteiger partial charge in [-0.15, -0.1) is 0 Å². The van der Waals surface area contributed by atoms with Gasteiger partial charge in [-0.1, -0.05) is 128 Å². The summed E-state index contributed by atoms with van der Waals surface area (Å²) >= 11 is 0. The van der Waals surface area contributed by atoms with Crippen molar-refractivity contribution in [3.8, 4) is 22.3 Å². The quantitative estimate of drug-likeness (QED) is 0.114. The Morgan fingerprint density at radius 1 is 0.305 bits per heavy atom. The molecule has 0 spiro atoms. The second-order valence-corrected chi connectivity index (χ2v) is 40.5. The Morgan fingerprint density at radius 2 is 0.586 bits per heavy atom. The summed E-state index contributed by atoms with van der Waals surface area (Å²) in [5.41, 5.74) is 22.4. The highest BCUT2D eigenvalue weighted by Crippen LogP contribution is 2.52. The highest BCUT2D eigenvalue weighted by Gasteiger charge is 2.41. The maximum atomic E-state index is 14.4. The number of nitrogens with zero attached hydrogens (tertiary/aromatic N) is 6. The fourth-order valence-electron chi connectivity index (χ4n) is 21.2. The molecule has 0 unspecified atom stereocenters.